The second-order valence-electron chi connectivity index (χ2n) is 8.56. The molecule has 1 aromatic carbocycles. The Morgan fingerprint density at radius 2 is 1.88 bits per heavy atom. The van der Waals surface area contributed by atoms with E-state index in [1.807, 2.05) is 24.4 Å². The van der Waals surface area contributed by atoms with Crippen molar-refractivity contribution >= 4 is 25.2 Å². The van der Waals surface area contributed by atoms with Crippen LogP contribution < -0.4 is 0 Å². The third-order valence-corrected chi connectivity index (χ3v) is 10.3. The maximum atomic E-state index is 12.1. The van der Waals surface area contributed by atoms with Gasteiger partial charge in [-0.2, -0.15) is 0 Å². The first kappa shape index (κ1) is 18.9. The minimum atomic E-state index is -1.81. The molecule has 3 rings (SSSR count). The number of hydrogen-bond donors (Lipinski definition) is 0. The highest BCUT2D eigenvalue weighted by Gasteiger charge is 2.40. The lowest BCUT2D eigenvalue weighted by Crippen LogP contribution is -2.43. The van der Waals surface area contributed by atoms with Crippen LogP contribution >= 0.6 is 0 Å². The third kappa shape index (κ3) is 3.38. The smallest absolute Gasteiger partial charge is 0.340 e. The van der Waals surface area contributed by atoms with E-state index < -0.39 is 8.32 Å². The first-order valence-electron chi connectivity index (χ1n) is 9.18. The predicted octanol–water partition coefficient (Wildman–Crippen LogP) is 5.32. The zero-order valence-electron chi connectivity index (χ0n) is 16.6. The normalized spacial score (nSPS) is 20.7. The second-order valence-corrected chi connectivity index (χ2v) is 13.3. The average molecular weight is 372 g/mol. The standard InChI is InChI=1S/C21H29NO3Si/c1-21(2,3)26(5,6)25-16-12-11-15(13-16)22-14-18(20(23)24-4)17-9-7-8-10-19(17)22/h7-12,14-16H,13H2,1-6H3/t15-,16+/m1/s1. The number of nitrogens with zero attached hydrogens (tertiary/aromatic N) is 1. The van der Waals surface area contributed by atoms with Gasteiger partial charge in [0.1, 0.15) is 0 Å². The highest BCUT2D eigenvalue weighted by atomic mass is 28.4. The number of rotatable bonds is 4. The van der Waals surface area contributed by atoms with E-state index in [2.05, 4.69) is 56.7 Å². The lowest BCUT2D eigenvalue weighted by molar-refractivity contribution is 0.0602. The van der Waals surface area contributed by atoms with E-state index in [1.54, 1.807) is 0 Å². The zero-order chi connectivity index (χ0) is 19.1. The summed E-state index contributed by atoms with van der Waals surface area (Å²) in [5, 5.41) is 1.12. The van der Waals surface area contributed by atoms with Gasteiger partial charge >= 0.3 is 5.97 Å². The van der Waals surface area contributed by atoms with Crippen LogP contribution in [0.15, 0.2) is 42.6 Å². The second kappa shape index (κ2) is 6.71. The molecule has 5 heteroatoms. The van der Waals surface area contributed by atoms with Gasteiger partial charge in [0, 0.05) is 23.5 Å². The van der Waals surface area contributed by atoms with Crippen LogP contribution in [0.25, 0.3) is 10.9 Å². The Morgan fingerprint density at radius 1 is 1.19 bits per heavy atom. The van der Waals surface area contributed by atoms with Gasteiger partial charge in [-0.05, 0) is 24.2 Å². The molecule has 4 nitrogen and oxygen atoms in total. The summed E-state index contributed by atoms with van der Waals surface area (Å²) in [4.78, 5) is 12.1. The Morgan fingerprint density at radius 3 is 2.54 bits per heavy atom. The van der Waals surface area contributed by atoms with Crippen molar-refractivity contribution in [3.8, 4) is 0 Å². The molecule has 0 unspecified atom stereocenters. The number of hydrogen-bond acceptors (Lipinski definition) is 3. The van der Waals surface area contributed by atoms with Gasteiger partial charge in [-0.1, -0.05) is 51.1 Å². The molecule has 26 heavy (non-hydrogen) atoms. The molecule has 0 radical (unpaired) electrons. The molecular weight excluding hydrogens is 342 g/mol. The first-order chi connectivity index (χ1) is 12.1. The highest BCUT2D eigenvalue weighted by molar-refractivity contribution is 6.74. The van der Waals surface area contributed by atoms with Gasteiger partial charge in [-0.15, -0.1) is 0 Å². The molecule has 0 N–H and O–H groups in total. The molecule has 0 saturated carbocycles. The summed E-state index contributed by atoms with van der Waals surface area (Å²) in [5.74, 6) is -0.295. The molecule has 1 aliphatic carbocycles. The van der Waals surface area contributed by atoms with Crippen molar-refractivity contribution in [2.24, 2.45) is 0 Å². The quantitative estimate of drug-likeness (QED) is 0.415. The number of allylic oxidation sites excluding steroid dienone is 1. The van der Waals surface area contributed by atoms with Crippen LogP contribution in [-0.4, -0.2) is 32.1 Å². The van der Waals surface area contributed by atoms with E-state index in [0.717, 1.165) is 17.3 Å². The van der Waals surface area contributed by atoms with Gasteiger partial charge in [0.15, 0.2) is 8.32 Å². The summed E-state index contributed by atoms with van der Waals surface area (Å²) >= 11 is 0. The fourth-order valence-corrected chi connectivity index (χ4v) is 4.53. The summed E-state index contributed by atoms with van der Waals surface area (Å²) in [6.07, 6.45) is 7.32. The van der Waals surface area contributed by atoms with Crippen molar-refractivity contribution in [3.63, 3.8) is 0 Å². The van der Waals surface area contributed by atoms with E-state index in [1.165, 1.54) is 7.11 Å². The van der Waals surface area contributed by atoms with E-state index in [-0.39, 0.29) is 23.2 Å². The lowest BCUT2D eigenvalue weighted by Gasteiger charge is -2.38. The molecule has 0 amide bonds. The minimum Gasteiger partial charge on any atom is -0.465 e. The molecule has 0 aliphatic heterocycles. The maximum absolute atomic E-state index is 12.1. The largest absolute Gasteiger partial charge is 0.465 e. The van der Waals surface area contributed by atoms with Crippen molar-refractivity contribution in [1.29, 1.82) is 0 Å². The van der Waals surface area contributed by atoms with Crippen LogP contribution in [0.4, 0.5) is 0 Å². The van der Waals surface area contributed by atoms with E-state index in [0.29, 0.717) is 5.56 Å². The van der Waals surface area contributed by atoms with Crippen LogP contribution in [-0.2, 0) is 9.16 Å². The Balaban J connectivity index is 1.86. The van der Waals surface area contributed by atoms with E-state index in [9.17, 15) is 4.79 Å². The number of aromatic nitrogens is 1. The maximum Gasteiger partial charge on any atom is 0.340 e. The highest BCUT2D eigenvalue weighted by Crippen LogP contribution is 2.40. The lowest BCUT2D eigenvalue weighted by atomic mass is 10.2. The first-order valence-corrected chi connectivity index (χ1v) is 12.1. The van der Waals surface area contributed by atoms with Crippen molar-refractivity contribution in [1.82, 2.24) is 4.57 Å². The van der Waals surface area contributed by atoms with Crippen molar-refractivity contribution in [3.05, 3.63) is 48.2 Å². The van der Waals surface area contributed by atoms with Crippen LogP contribution in [0.3, 0.4) is 0 Å². The molecule has 0 spiro atoms. The third-order valence-electron chi connectivity index (χ3n) is 5.78. The summed E-state index contributed by atoms with van der Waals surface area (Å²) < 4.78 is 13.7. The van der Waals surface area contributed by atoms with E-state index in [4.69, 9.17) is 9.16 Å². The summed E-state index contributed by atoms with van der Waals surface area (Å²) in [7, 11) is -0.384. The Bertz CT molecular complexity index is 845. The number of methoxy groups -OCH3 is 1. The number of para-hydroxylation sites is 1. The SMILES string of the molecule is COC(=O)c1cn([C@@H]2C=C[C@H](O[Si](C)(C)C(C)(C)C)C2)c2ccccc12. The van der Waals surface area contributed by atoms with Crippen LogP contribution in [0, 0.1) is 0 Å². The van der Waals surface area contributed by atoms with Gasteiger partial charge in [0.05, 0.1) is 24.8 Å². The van der Waals surface area contributed by atoms with Gasteiger partial charge in [0.2, 0.25) is 0 Å². The van der Waals surface area contributed by atoms with Crippen LogP contribution in [0.2, 0.25) is 18.1 Å². The number of ether oxygens (including phenoxy) is 1. The van der Waals surface area contributed by atoms with Crippen LogP contribution in [0.1, 0.15) is 43.6 Å². The molecule has 2 aromatic rings. The monoisotopic (exact) mass is 371 g/mol. The summed E-state index contributed by atoms with van der Waals surface area (Å²) in [5.41, 5.74) is 1.67. The molecule has 1 heterocycles. The number of carbonyl (C=O) groups is 1. The topological polar surface area (TPSA) is 40.5 Å². The average Bonchev–Trinajstić information content (AvgIpc) is 3.17. The van der Waals surface area contributed by atoms with Crippen LogP contribution in [0.5, 0.6) is 0 Å². The van der Waals surface area contributed by atoms with Crippen molar-refractivity contribution in [2.45, 2.75) is 57.5 Å². The fourth-order valence-electron chi connectivity index (χ4n) is 3.25. The minimum absolute atomic E-state index is 0.128. The Labute approximate surface area is 156 Å². The van der Waals surface area contributed by atoms with E-state index >= 15 is 0 Å². The Kier molecular flexibility index (Phi) is 4.88. The summed E-state index contributed by atoms with van der Waals surface area (Å²) in [6.45, 7) is 11.4. The number of fused-ring (bicyclic) bond motifs is 1. The van der Waals surface area contributed by atoms with Gasteiger partial charge < -0.3 is 13.7 Å². The molecule has 0 fully saturated rings. The molecule has 2 atom stereocenters. The van der Waals surface area contributed by atoms with Gasteiger partial charge in [-0.3, -0.25) is 0 Å². The number of esters is 1. The summed E-state index contributed by atoms with van der Waals surface area (Å²) in [6, 6.07) is 8.17. The number of carbonyl (C=O) groups excluding carboxylic acids is 1. The Hall–Kier alpha value is -1.85. The molecule has 1 aliphatic rings. The molecule has 1 aromatic heterocycles. The number of benzene rings is 1. The van der Waals surface area contributed by atoms with Gasteiger partial charge in [-0.25, -0.2) is 4.79 Å². The molecule has 140 valence electrons. The molecule has 0 bridgehead atoms. The zero-order valence-corrected chi connectivity index (χ0v) is 17.6. The van der Waals surface area contributed by atoms with Gasteiger partial charge in [0.25, 0.3) is 0 Å². The molecular formula is C21H29NO3Si. The fraction of sp³-hybridized carbons (Fsp3) is 0.476. The van der Waals surface area contributed by atoms with Crippen molar-refractivity contribution < 1.29 is 14.0 Å². The van der Waals surface area contributed by atoms with Crippen molar-refractivity contribution in [2.75, 3.05) is 7.11 Å². The molecule has 0 saturated heterocycles. The predicted molar refractivity (Wildman–Crippen MR) is 108 cm³/mol.